The van der Waals surface area contributed by atoms with E-state index in [-0.39, 0.29) is 42.6 Å². The molecule has 3 aliphatic heterocycles. The van der Waals surface area contributed by atoms with Crippen molar-refractivity contribution in [1.29, 1.82) is 0 Å². The molecule has 1 aromatic rings. The minimum Gasteiger partial charge on any atom is -0.341 e. The van der Waals surface area contributed by atoms with Gasteiger partial charge in [0.05, 0.1) is 6.54 Å². The second-order valence-corrected chi connectivity index (χ2v) is 8.42. The van der Waals surface area contributed by atoms with E-state index in [0.717, 1.165) is 31.5 Å². The molecule has 8 nitrogen and oxygen atoms in total. The van der Waals surface area contributed by atoms with E-state index >= 15 is 0 Å². The lowest BCUT2D eigenvalue weighted by Crippen LogP contribution is -2.47. The second-order valence-electron chi connectivity index (χ2n) is 8.42. The largest absolute Gasteiger partial charge is 0.341 e. The number of hydrogen-bond acceptors (Lipinski definition) is 6. The summed E-state index contributed by atoms with van der Waals surface area (Å²) in [4.78, 5) is 33.3. The van der Waals surface area contributed by atoms with Crippen molar-refractivity contribution in [1.82, 2.24) is 25.3 Å². The van der Waals surface area contributed by atoms with Crippen molar-refractivity contribution in [2.24, 2.45) is 0 Å². The van der Waals surface area contributed by atoms with Gasteiger partial charge in [0.15, 0.2) is 5.82 Å². The number of carbonyl (C=O) groups excluding carboxylic acids is 2. The monoisotopic (exact) mass is 411 g/mol. The molecule has 0 spiro atoms. The molecule has 9 heteroatoms. The van der Waals surface area contributed by atoms with Crippen LogP contribution in [0.2, 0.25) is 0 Å². The molecule has 3 aliphatic rings. The smallest absolute Gasteiger partial charge is 0.242 e. The van der Waals surface area contributed by atoms with E-state index < -0.39 is 0 Å². The lowest BCUT2D eigenvalue weighted by Gasteiger charge is -2.32. The Morgan fingerprint density at radius 3 is 2.61 bits per heavy atom. The zero-order valence-corrected chi connectivity index (χ0v) is 17.4. The summed E-state index contributed by atoms with van der Waals surface area (Å²) >= 11 is 0. The predicted molar refractivity (Wildman–Crippen MR) is 105 cm³/mol. The van der Waals surface area contributed by atoms with Crippen LogP contribution in [0.5, 0.6) is 0 Å². The third-order valence-electron chi connectivity index (χ3n) is 6.05. The molecule has 4 heterocycles. The Balaban J connectivity index is 0.00000225. The van der Waals surface area contributed by atoms with Crippen LogP contribution in [0.4, 0.5) is 0 Å². The van der Waals surface area contributed by atoms with Gasteiger partial charge in [-0.2, -0.15) is 4.98 Å². The number of amides is 2. The Kier molecular flexibility index (Phi) is 6.60. The van der Waals surface area contributed by atoms with Crippen LogP contribution < -0.4 is 5.32 Å². The first-order valence-corrected chi connectivity index (χ1v) is 10.1. The summed E-state index contributed by atoms with van der Waals surface area (Å²) in [5, 5.41) is 7.53. The maximum Gasteiger partial charge on any atom is 0.242 e. The van der Waals surface area contributed by atoms with Gasteiger partial charge in [0.2, 0.25) is 17.7 Å². The van der Waals surface area contributed by atoms with Crippen LogP contribution in [0.3, 0.4) is 0 Å². The molecular formula is C19H30ClN5O3. The summed E-state index contributed by atoms with van der Waals surface area (Å²) in [5.41, 5.74) is 0. The zero-order valence-electron chi connectivity index (χ0n) is 16.6. The predicted octanol–water partition coefficient (Wildman–Crippen LogP) is 1.67. The first kappa shape index (κ1) is 21.0. The van der Waals surface area contributed by atoms with Crippen LogP contribution >= 0.6 is 12.4 Å². The Bertz CT molecular complexity index is 701. The van der Waals surface area contributed by atoms with Crippen LogP contribution in [0, 0.1) is 0 Å². The van der Waals surface area contributed by atoms with Gasteiger partial charge in [0, 0.05) is 50.0 Å². The van der Waals surface area contributed by atoms with Gasteiger partial charge in [-0.05, 0) is 25.7 Å². The van der Waals surface area contributed by atoms with Crippen LogP contribution in [-0.2, 0) is 9.59 Å². The van der Waals surface area contributed by atoms with E-state index in [1.807, 2.05) is 18.7 Å². The van der Waals surface area contributed by atoms with Gasteiger partial charge in [-0.15, -0.1) is 12.4 Å². The number of rotatable bonds is 4. The SMILES string of the molecule is CC(C)c1noc(C2CCN(C(=O)CN3C[C@@H]4CC[C@H](CC3=O)N4)CC2)n1.Cl. The summed E-state index contributed by atoms with van der Waals surface area (Å²) in [6, 6.07) is 0.635. The molecule has 0 radical (unpaired) electrons. The number of fused-ring (bicyclic) bond motifs is 2. The van der Waals surface area contributed by atoms with E-state index in [1.54, 1.807) is 4.90 Å². The molecule has 156 valence electrons. The van der Waals surface area contributed by atoms with Gasteiger partial charge in [-0.25, -0.2) is 0 Å². The van der Waals surface area contributed by atoms with Crippen LogP contribution in [0.25, 0.3) is 0 Å². The van der Waals surface area contributed by atoms with Crippen molar-refractivity contribution >= 4 is 24.2 Å². The van der Waals surface area contributed by atoms with Gasteiger partial charge >= 0.3 is 0 Å². The average molecular weight is 412 g/mol. The van der Waals surface area contributed by atoms with E-state index in [2.05, 4.69) is 15.5 Å². The molecule has 0 saturated carbocycles. The first-order chi connectivity index (χ1) is 13.0. The number of carbonyl (C=O) groups is 2. The second kappa shape index (κ2) is 8.78. The Hall–Kier alpha value is -1.67. The van der Waals surface area contributed by atoms with Gasteiger partial charge in [0.25, 0.3) is 0 Å². The fourth-order valence-electron chi connectivity index (χ4n) is 4.35. The molecule has 3 saturated heterocycles. The van der Waals surface area contributed by atoms with Gasteiger partial charge < -0.3 is 19.6 Å². The van der Waals surface area contributed by atoms with Crippen molar-refractivity contribution in [2.45, 2.75) is 69.9 Å². The number of likely N-dealkylation sites (tertiary alicyclic amines) is 2. The van der Waals surface area contributed by atoms with Crippen molar-refractivity contribution in [3.05, 3.63) is 11.7 Å². The molecule has 2 bridgehead atoms. The molecule has 4 rings (SSSR count). The highest BCUT2D eigenvalue weighted by molar-refractivity contribution is 5.86. The standard InChI is InChI=1S/C19H29N5O3.ClH/c1-12(2)18-21-19(27-22-18)13-5-7-23(8-6-13)17(26)11-24-10-15-4-3-14(20-15)9-16(24)25;/h12-15,20H,3-11H2,1-2H3;1H/t14-,15+;/m1./s1. The maximum absolute atomic E-state index is 12.7. The molecule has 2 amide bonds. The van der Waals surface area contributed by atoms with Gasteiger partial charge in [-0.3, -0.25) is 9.59 Å². The highest BCUT2D eigenvalue weighted by Crippen LogP contribution is 2.28. The molecule has 0 aliphatic carbocycles. The molecule has 0 aromatic carbocycles. The highest BCUT2D eigenvalue weighted by Gasteiger charge is 2.35. The van der Waals surface area contributed by atoms with E-state index in [1.165, 1.54) is 0 Å². The number of aromatic nitrogens is 2. The van der Waals surface area contributed by atoms with Crippen molar-refractivity contribution < 1.29 is 14.1 Å². The maximum atomic E-state index is 12.7. The molecular weight excluding hydrogens is 382 g/mol. The number of piperidine rings is 1. The number of nitrogens with zero attached hydrogens (tertiary/aromatic N) is 4. The Labute approximate surface area is 171 Å². The summed E-state index contributed by atoms with van der Waals surface area (Å²) in [6.07, 6.45) is 4.33. The Morgan fingerprint density at radius 1 is 1.21 bits per heavy atom. The number of halogens is 1. The summed E-state index contributed by atoms with van der Waals surface area (Å²) in [7, 11) is 0. The molecule has 3 fully saturated rings. The summed E-state index contributed by atoms with van der Waals surface area (Å²) in [6.45, 7) is 6.29. The minimum absolute atomic E-state index is 0. The zero-order chi connectivity index (χ0) is 19.0. The molecule has 28 heavy (non-hydrogen) atoms. The lowest BCUT2D eigenvalue weighted by atomic mass is 9.96. The quantitative estimate of drug-likeness (QED) is 0.810. The normalized spacial score (nSPS) is 25.8. The summed E-state index contributed by atoms with van der Waals surface area (Å²) < 4.78 is 5.41. The van der Waals surface area contributed by atoms with Crippen molar-refractivity contribution in [2.75, 3.05) is 26.2 Å². The van der Waals surface area contributed by atoms with Gasteiger partial charge in [0.1, 0.15) is 0 Å². The van der Waals surface area contributed by atoms with Crippen LogP contribution in [-0.4, -0.2) is 70.0 Å². The third kappa shape index (κ3) is 4.49. The summed E-state index contributed by atoms with van der Waals surface area (Å²) in [5.74, 6) is 2.05. The third-order valence-corrected chi connectivity index (χ3v) is 6.05. The molecule has 1 N–H and O–H groups in total. The topological polar surface area (TPSA) is 91.6 Å². The molecule has 0 unspecified atom stereocenters. The first-order valence-electron chi connectivity index (χ1n) is 10.1. The van der Waals surface area contributed by atoms with Gasteiger partial charge in [-0.1, -0.05) is 19.0 Å². The average Bonchev–Trinajstić information content (AvgIpc) is 3.27. The van der Waals surface area contributed by atoms with E-state index in [4.69, 9.17) is 4.52 Å². The molecule has 1 aromatic heterocycles. The van der Waals surface area contributed by atoms with Crippen LogP contribution in [0.1, 0.15) is 69.5 Å². The van der Waals surface area contributed by atoms with Crippen molar-refractivity contribution in [3.63, 3.8) is 0 Å². The minimum atomic E-state index is 0. The fourth-order valence-corrected chi connectivity index (χ4v) is 4.35. The fraction of sp³-hybridized carbons (Fsp3) is 0.789. The van der Waals surface area contributed by atoms with Crippen molar-refractivity contribution in [3.8, 4) is 0 Å². The van der Waals surface area contributed by atoms with E-state index in [9.17, 15) is 9.59 Å². The van der Waals surface area contributed by atoms with E-state index in [0.29, 0.717) is 44.0 Å². The number of nitrogens with one attached hydrogen (secondary N) is 1. The Morgan fingerprint density at radius 2 is 1.93 bits per heavy atom. The highest BCUT2D eigenvalue weighted by atomic mass is 35.5. The lowest BCUT2D eigenvalue weighted by molar-refractivity contribution is -0.141. The van der Waals surface area contributed by atoms with Crippen LogP contribution in [0.15, 0.2) is 4.52 Å². The molecule has 2 atom stereocenters. The number of hydrogen-bond donors (Lipinski definition) is 1.